The first kappa shape index (κ1) is 13.0. The van der Waals surface area contributed by atoms with Crippen molar-refractivity contribution in [3.8, 4) is 11.8 Å². The predicted molar refractivity (Wildman–Crippen MR) is 61.3 cm³/mol. The lowest BCUT2D eigenvalue weighted by Gasteiger charge is -2.11. The van der Waals surface area contributed by atoms with E-state index in [4.69, 9.17) is 15.1 Å². The van der Waals surface area contributed by atoms with Crippen LogP contribution in [0.4, 0.5) is 0 Å². The van der Waals surface area contributed by atoms with Gasteiger partial charge in [-0.2, -0.15) is 5.26 Å². The normalized spacial score (nSPS) is 11.4. The van der Waals surface area contributed by atoms with Crippen LogP contribution in [-0.2, 0) is 4.79 Å². The number of rotatable bonds is 5. The lowest BCUT2D eigenvalue weighted by molar-refractivity contribution is -0.123. The number of amides is 1. The summed E-state index contributed by atoms with van der Waals surface area (Å²) in [6, 6.07) is 8.19. The van der Waals surface area contributed by atoms with Gasteiger partial charge in [0.25, 0.3) is 5.91 Å². The maximum absolute atomic E-state index is 11.3. The maximum atomic E-state index is 11.3. The maximum Gasteiger partial charge on any atom is 0.258 e. The van der Waals surface area contributed by atoms with Gasteiger partial charge in [-0.15, -0.1) is 0 Å². The van der Waals surface area contributed by atoms with Crippen LogP contribution in [0.3, 0.4) is 0 Å². The van der Waals surface area contributed by atoms with Crippen LogP contribution < -0.4 is 10.1 Å². The van der Waals surface area contributed by atoms with Crippen molar-refractivity contribution in [3.63, 3.8) is 0 Å². The second-order valence-electron chi connectivity index (χ2n) is 3.58. The number of nitrogens with zero attached hydrogens (tertiary/aromatic N) is 1. The van der Waals surface area contributed by atoms with Gasteiger partial charge < -0.3 is 15.2 Å². The van der Waals surface area contributed by atoms with Crippen LogP contribution in [0.5, 0.6) is 5.75 Å². The molecule has 0 radical (unpaired) electrons. The first-order chi connectivity index (χ1) is 8.15. The van der Waals surface area contributed by atoms with E-state index >= 15 is 0 Å². The van der Waals surface area contributed by atoms with Crippen LogP contribution in [0.15, 0.2) is 24.3 Å². The van der Waals surface area contributed by atoms with E-state index in [0.717, 1.165) is 0 Å². The zero-order chi connectivity index (χ0) is 12.7. The van der Waals surface area contributed by atoms with E-state index in [1.54, 1.807) is 31.2 Å². The van der Waals surface area contributed by atoms with Crippen molar-refractivity contribution in [2.24, 2.45) is 0 Å². The molecule has 0 spiro atoms. The third kappa shape index (κ3) is 4.53. The number of ether oxygens (including phenoxy) is 1. The van der Waals surface area contributed by atoms with Crippen LogP contribution in [0.25, 0.3) is 0 Å². The fourth-order valence-corrected chi connectivity index (χ4v) is 1.14. The van der Waals surface area contributed by atoms with Gasteiger partial charge in [0.05, 0.1) is 18.2 Å². The summed E-state index contributed by atoms with van der Waals surface area (Å²) in [6.45, 7) is 1.47. The Morgan fingerprint density at radius 3 is 2.71 bits per heavy atom. The van der Waals surface area contributed by atoms with Crippen LogP contribution in [0.1, 0.15) is 12.5 Å². The predicted octanol–water partition coefficient (Wildman–Crippen LogP) is 0.434. The van der Waals surface area contributed by atoms with Gasteiger partial charge in [0.15, 0.2) is 6.61 Å². The summed E-state index contributed by atoms with van der Waals surface area (Å²) in [5.41, 5.74) is 0.538. The largest absolute Gasteiger partial charge is 0.484 e. The number of hydrogen-bond acceptors (Lipinski definition) is 4. The van der Waals surface area contributed by atoms with Gasteiger partial charge in [0.1, 0.15) is 5.75 Å². The van der Waals surface area contributed by atoms with Crippen LogP contribution >= 0.6 is 0 Å². The second kappa shape index (κ2) is 6.51. The molecule has 0 aliphatic carbocycles. The minimum absolute atomic E-state index is 0.109. The summed E-state index contributed by atoms with van der Waals surface area (Å²) in [4.78, 5) is 11.3. The molecule has 0 aliphatic heterocycles. The van der Waals surface area contributed by atoms with E-state index in [1.807, 2.05) is 6.07 Å². The smallest absolute Gasteiger partial charge is 0.258 e. The van der Waals surface area contributed by atoms with Gasteiger partial charge in [-0.3, -0.25) is 4.79 Å². The molecule has 1 atom stereocenters. The molecule has 17 heavy (non-hydrogen) atoms. The Kier molecular flexibility index (Phi) is 4.98. The fraction of sp³-hybridized carbons (Fsp3) is 0.333. The van der Waals surface area contributed by atoms with Gasteiger partial charge >= 0.3 is 0 Å². The highest BCUT2D eigenvalue weighted by Gasteiger charge is 2.06. The molecule has 0 saturated heterocycles. The number of nitrogens with one attached hydrogen (secondary N) is 1. The zero-order valence-electron chi connectivity index (χ0n) is 9.51. The number of aliphatic hydroxyl groups is 1. The second-order valence-corrected chi connectivity index (χ2v) is 3.58. The molecule has 0 fully saturated rings. The molecule has 2 N–H and O–H groups in total. The highest BCUT2D eigenvalue weighted by atomic mass is 16.5. The number of benzene rings is 1. The average molecular weight is 234 g/mol. The van der Waals surface area contributed by atoms with E-state index in [1.165, 1.54) is 0 Å². The molecule has 0 aliphatic rings. The van der Waals surface area contributed by atoms with Gasteiger partial charge in [-0.1, -0.05) is 0 Å². The number of carbonyl (C=O) groups is 1. The molecule has 5 heteroatoms. The molecule has 1 aromatic rings. The fourth-order valence-electron chi connectivity index (χ4n) is 1.14. The molecule has 1 amide bonds. The molecule has 1 aromatic carbocycles. The Morgan fingerprint density at radius 2 is 2.18 bits per heavy atom. The van der Waals surface area contributed by atoms with Crippen LogP contribution in [-0.4, -0.2) is 30.3 Å². The van der Waals surface area contributed by atoms with Gasteiger partial charge in [0.2, 0.25) is 0 Å². The van der Waals surface area contributed by atoms with Crippen molar-refractivity contribution in [1.82, 2.24) is 5.32 Å². The van der Waals surface area contributed by atoms with Crippen molar-refractivity contribution in [2.75, 3.05) is 13.2 Å². The lowest BCUT2D eigenvalue weighted by atomic mass is 10.2. The van der Waals surface area contributed by atoms with Gasteiger partial charge in [0, 0.05) is 6.04 Å². The molecular formula is C12H14N2O3. The molecule has 90 valence electrons. The quantitative estimate of drug-likeness (QED) is 0.774. The standard InChI is InChI=1S/C12H14N2O3/c1-9(7-15)14-12(16)8-17-11-4-2-10(6-13)3-5-11/h2-5,9,15H,7-8H2,1H3,(H,14,16)/t9-/m0/s1. The Hall–Kier alpha value is -2.06. The van der Waals surface area contributed by atoms with Crippen molar-refractivity contribution in [2.45, 2.75) is 13.0 Å². The monoisotopic (exact) mass is 234 g/mol. The van der Waals surface area contributed by atoms with Gasteiger partial charge in [-0.05, 0) is 31.2 Å². The van der Waals surface area contributed by atoms with E-state index < -0.39 is 0 Å². The van der Waals surface area contributed by atoms with E-state index in [2.05, 4.69) is 5.32 Å². The number of nitriles is 1. The third-order valence-corrected chi connectivity index (χ3v) is 2.03. The van der Waals surface area contributed by atoms with E-state index in [9.17, 15) is 4.79 Å². The van der Waals surface area contributed by atoms with Gasteiger partial charge in [-0.25, -0.2) is 0 Å². The molecule has 1 rings (SSSR count). The van der Waals surface area contributed by atoms with Crippen LogP contribution in [0.2, 0.25) is 0 Å². The van der Waals surface area contributed by atoms with E-state index in [0.29, 0.717) is 11.3 Å². The Labute approximate surface area is 99.6 Å². The summed E-state index contributed by atoms with van der Waals surface area (Å²) < 4.78 is 5.21. The zero-order valence-corrected chi connectivity index (χ0v) is 9.51. The highest BCUT2D eigenvalue weighted by Crippen LogP contribution is 2.11. The number of hydrogen-bond donors (Lipinski definition) is 2. The van der Waals surface area contributed by atoms with Crippen molar-refractivity contribution < 1.29 is 14.6 Å². The van der Waals surface area contributed by atoms with E-state index in [-0.39, 0.29) is 25.2 Å². The SMILES string of the molecule is C[C@@H](CO)NC(=O)COc1ccc(C#N)cc1. The summed E-state index contributed by atoms with van der Waals surface area (Å²) in [7, 11) is 0. The van der Waals surface area contributed by atoms with Crippen LogP contribution in [0, 0.1) is 11.3 Å². The molecule has 0 bridgehead atoms. The summed E-state index contributed by atoms with van der Waals surface area (Å²) in [5.74, 6) is 0.228. The first-order valence-corrected chi connectivity index (χ1v) is 5.19. The summed E-state index contributed by atoms with van der Waals surface area (Å²) in [5, 5.41) is 19.9. The topological polar surface area (TPSA) is 82.3 Å². The highest BCUT2D eigenvalue weighted by molar-refractivity contribution is 5.77. The van der Waals surface area contributed by atoms with Crippen molar-refractivity contribution in [1.29, 1.82) is 5.26 Å². The minimum atomic E-state index is -0.295. The molecule has 5 nitrogen and oxygen atoms in total. The molecule has 0 aromatic heterocycles. The van der Waals surface area contributed by atoms with Crippen molar-refractivity contribution >= 4 is 5.91 Å². The minimum Gasteiger partial charge on any atom is -0.484 e. The molecule has 0 heterocycles. The number of carbonyl (C=O) groups excluding carboxylic acids is 1. The Morgan fingerprint density at radius 1 is 1.53 bits per heavy atom. The molecule has 0 unspecified atom stereocenters. The summed E-state index contributed by atoms with van der Waals surface area (Å²) >= 11 is 0. The molecule has 0 saturated carbocycles. The summed E-state index contributed by atoms with van der Waals surface area (Å²) in [6.07, 6.45) is 0. The third-order valence-electron chi connectivity index (χ3n) is 2.03. The Bertz CT molecular complexity index is 409. The average Bonchev–Trinajstić information content (AvgIpc) is 2.36. The lowest BCUT2D eigenvalue weighted by Crippen LogP contribution is -2.38. The first-order valence-electron chi connectivity index (χ1n) is 5.19. The van der Waals surface area contributed by atoms with Crippen molar-refractivity contribution in [3.05, 3.63) is 29.8 Å². The molecular weight excluding hydrogens is 220 g/mol. The Balaban J connectivity index is 2.40. The number of aliphatic hydroxyl groups excluding tert-OH is 1.